The summed E-state index contributed by atoms with van der Waals surface area (Å²) in [6, 6.07) is 8.01. The lowest BCUT2D eigenvalue weighted by Crippen LogP contribution is -2.38. The number of nitrogens with zero attached hydrogens (tertiary/aromatic N) is 2. The highest BCUT2D eigenvalue weighted by Gasteiger charge is 2.31. The third kappa shape index (κ3) is 2.65. The fourth-order valence-corrected chi connectivity index (χ4v) is 2.87. The molecule has 0 aromatic heterocycles. The molecule has 17 heavy (non-hydrogen) atoms. The average molecular weight is 254 g/mol. The average Bonchev–Trinajstić information content (AvgIpc) is 3.10. The van der Waals surface area contributed by atoms with Gasteiger partial charge in [0.1, 0.15) is 0 Å². The molecule has 1 amide bonds. The normalized spacial score (nSPS) is 15.6. The second-order valence-corrected chi connectivity index (χ2v) is 5.81. The van der Waals surface area contributed by atoms with Gasteiger partial charge >= 0.3 is 0 Å². The van der Waals surface area contributed by atoms with Gasteiger partial charge in [0, 0.05) is 20.0 Å². The maximum absolute atomic E-state index is 12.2. The molecule has 0 saturated carbocycles. The van der Waals surface area contributed by atoms with Gasteiger partial charge in [0.05, 0.1) is 11.6 Å². The van der Waals surface area contributed by atoms with Gasteiger partial charge in [0.25, 0.3) is 10.0 Å². The summed E-state index contributed by atoms with van der Waals surface area (Å²) in [6.07, 6.45) is 0. The molecule has 1 aromatic rings. The highest BCUT2D eigenvalue weighted by atomic mass is 32.2. The fraction of sp³-hybridized carbons (Fsp3) is 0.364. The lowest BCUT2D eigenvalue weighted by atomic mass is 10.4. The maximum Gasteiger partial charge on any atom is 0.267 e. The van der Waals surface area contributed by atoms with Crippen molar-refractivity contribution < 1.29 is 13.2 Å². The van der Waals surface area contributed by atoms with Crippen LogP contribution < -0.4 is 0 Å². The van der Waals surface area contributed by atoms with Crippen LogP contribution in [-0.4, -0.2) is 43.3 Å². The number of hydrogen-bond acceptors (Lipinski definition) is 4. The van der Waals surface area contributed by atoms with Gasteiger partial charge in [-0.25, -0.2) is 12.7 Å². The molecule has 5 nitrogen and oxygen atoms in total. The molecule has 0 spiro atoms. The minimum absolute atomic E-state index is 0.145. The number of sulfonamides is 1. The number of benzene rings is 1. The van der Waals surface area contributed by atoms with E-state index in [1.54, 1.807) is 18.2 Å². The predicted molar refractivity (Wildman–Crippen MR) is 62.6 cm³/mol. The largest absolute Gasteiger partial charge is 0.283 e. The fourth-order valence-electron chi connectivity index (χ4n) is 1.46. The summed E-state index contributed by atoms with van der Waals surface area (Å²) >= 11 is 0. The zero-order valence-electron chi connectivity index (χ0n) is 9.54. The van der Waals surface area contributed by atoms with Crippen LogP contribution in [0.4, 0.5) is 0 Å². The number of carbonyl (C=O) groups excluding carboxylic acids is 1. The van der Waals surface area contributed by atoms with E-state index in [4.69, 9.17) is 0 Å². The van der Waals surface area contributed by atoms with Gasteiger partial charge in [-0.3, -0.25) is 9.69 Å². The molecular formula is C11H14N2O3S. The first-order valence-corrected chi connectivity index (χ1v) is 6.76. The Labute approximate surface area is 101 Å². The minimum atomic E-state index is -3.71. The Balaban J connectivity index is 2.31. The Morgan fingerprint density at radius 1 is 1.29 bits per heavy atom. The maximum atomic E-state index is 12.2. The number of rotatable bonds is 4. The molecular weight excluding hydrogens is 240 g/mol. The molecule has 0 bridgehead atoms. The van der Waals surface area contributed by atoms with Gasteiger partial charge in [-0.15, -0.1) is 0 Å². The lowest BCUT2D eigenvalue weighted by molar-refractivity contribution is -0.124. The van der Waals surface area contributed by atoms with Crippen LogP contribution in [0.2, 0.25) is 0 Å². The molecule has 92 valence electrons. The summed E-state index contributed by atoms with van der Waals surface area (Å²) in [5.74, 6) is -0.458. The lowest BCUT2D eigenvalue weighted by Gasteiger charge is -2.21. The third-order valence-electron chi connectivity index (χ3n) is 2.55. The highest BCUT2D eigenvalue weighted by molar-refractivity contribution is 7.89. The van der Waals surface area contributed by atoms with Crippen molar-refractivity contribution in [2.24, 2.45) is 0 Å². The number of hydrogen-bond donors (Lipinski definition) is 0. The van der Waals surface area contributed by atoms with Gasteiger partial charge in [-0.05, 0) is 12.1 Å². The minimum Gasteiger partial charge on any atom is -0.283 e. The Bertz CT molecular complexity index is 509. The van der Waals surface area contributed by atoms with E-state index < -0.39 is 15.9 Å². The van der Waals surface area contributed by atoms with Crippen molar-refractivity contribution in [3.63, 3.8) is 0 Å². The van der Waals surface area contributed by atoms with Gasteiger partial charge in [0.2, 0.25) is 5.91 Å². The molecule has 0 radical (unpaired) electrons. The second kappa shape index (κ2) is 4.46. The Hall–Kier alpha value is -1.40. The van der Waals surface area contributed by atoms with Crippen LogP contribution in [0.25, 0.3) is 0 Å². The molecule has 1 aliphatic heterocycles. The molecule has 0 aliphatic carbocycles. The van der Waals surface area contributed by atoms with Crippen molar-refractivity contribution in [1.29, 1.82) is 0 Å². The van der Waals surface area contributed by atoms with Crippen molar-refractivity contribution in [3.8, 4) is 0 Å². The second-order valence-electron chi connectivity index (χ2n) is 3.95. The van der Waals surface area contributed by atoms with E-state index in [-0.39, 0.29) is 11.6 Å². The van der Waals surface area contributed by atoms with Gasteiger partial charge < -0.3 is 0 Å². The van der Waals surface area contributed by atoms with E-state index in [2.05, 4.69) is 0 Å². The predicted octanol–water partition coefficient (Wildman–Crippen LogP) is 0.497. The van der Waals surface area contributed by atoms with Crippen LogP contribution in [0.3, 0.4) is 0 Å². The van der Waals surface area contributed by atoms with E-state index in [0.29, 0.717) is 0 Å². The smallest absolute Gasteiger partial charge is 0.267 e. The molecule has 1 saturated heterocycles. The molecule has 6 heteroatoms. The van der Waals surface area contributed by atoms with E-state index in [1.807, 2.05) is 4.90 Å². The zero-order valence-corrected chi connectivity index (χ0v) is 10.4. The quantitative estimate of drug-likeness (QED) is 0.734. The standard InChI is InChI=1S/C11H14N2O3S/c1-10(14)13(9-12-7-8-12)17(15,16)11-5-3-2-4-6-11/h2-6H,7-9H2,1H3. The molecule has 1 heterocycles. The van der Waals surface area contributed by atoms with Crippen LogP contribution in [0, 0.1) is 0 Å². The topological polar surface area (TPSA) is 57.5 Å². The first kappa shape index (κ1) is 12.1. The van der Waals surface area contributed by atoms with Crippen molar-refractivity contribution in [2.75, 3.05) is 19.8 Å². The van der Waals surface area contributed by atoms with Crippen LogP contribution >= 0.6 is 0 Å². The highest BCUT2D eigenvalue weighted by Crippen LogP contribution is 2.17. The SMILES string of the molecule is CC(=O)N(CN1CC1)S(=O)(=O)c1ccccc1. The summed E-state index contributed by atoms with van der Waals surface area (Å²) in [5, 5.41) is 0. The van der Waals surface area contributed by atoms with E-state index in [0.717, 1.165) is 17.4 Å². The van der Waals surface area contributed by atoms with E-state index in [9.17, 15) is 13.2 Å². The first-order chi connectivity index (χ1) is 8.01. The van der Waals surface area contributed by atoms with Gasteiger partial charge in [0.15, 0.2) is 0 Å². The number of amides is 1. The summed E-state index contributed by atoms with van der Waals surface area (Å²) < 4.78 is 25.3. The van der Waals surface area contributed by atoms with Crippen LogP contribution in [0.15, 0.2) is 35.2 Å². The first-order valence-electron chi connectivity index (χ1n) is 5.32. The molecule has 1 aliphatic rings. The summed E-state index contributed by atoms with van der Waals surface area (Å²) in [5.41, 5.74) is 0. The Morgan fingerprint density at radius 2 is 1.88 bits per heavy atom. The van der Waals surface area contributed by atoms with Gasteiger partial charge in [-0.1, -0.05) is 18.2 Å². The van der Waals surface area contributed by atoms with Crippen LogP contribution in [0.1, 0.15) is 6.92 Å². The van der Waals surface area contributed by atoms with Crippen molar-refractivity contribution in [2.45, 2.75) is 11.8 Å². The zero-order chi connectivity index (χ0) is 12.5. The monoisotopic (exact) mass is 254 g/mol. The molecule has 0 atom stereocenters. The molecule has 2 rings (SSSR count). The van der Waals surface area contributed by atoms with Gasteiger partial charge in [-0.2, -0.15) is 0 Å². The van der Waals surface area contributed by atoms with Crippen molar-refractivity contribution >= 4 is 15.9 Å². The van der Waals surface area contributed by atoms with E-state index in [1.165, 1.54) is 19.1 Å². The molecule has 0 N–H and O–H groups in total. The Morgan fingerprint density at radius 3 is 2.35 bits per heavy atom. The molecule has 0 unspecified atom stereocenters. The molecule has 1 fully saturated rings. The number of carbonyl (C=O) groups is 1. The summed E-state index contributed by atoms with van der Waals surface area (Å²) in [4.78, 5) is 13.5. The summed E-state index contributed by atoms with van der Waals surface area (Å²) in [7, 11) is -3.71. The van der Waals surface area contributed by atoms with Crippen LogP contribution in [-0.2, 0) is 14.8 Å². The van der Waals surface area contributed by atoms with Crippen molar-refractivity contribution in [3.05, 3.63) is 30.3 Å². The van der Waals surface area contributed by atoms with E-state index >= 15 is 0 Å². The van der Waals surface area contributed by atoms with Crippen LogP contribution in [0.5, 0.6) is 0 Å². The summed E-state index contributed by atoms with van der Waals surface area (Å²) in [6.45, 7) is 3.10. The Kier molecular flexibility index (Phi) is 3.17. The molecule has 1 aromatic carbocycles. The third-order valence-corrected chi connectivity index (χ3v) is 4.37. The van der Waals surface area contributed by atoms with Crippen molar-refractivity contribution in [1.82, 2.24) is 9.21 Å².